The molecule has 0 unspecified atom stereocenters. The minimum atomic E-state index is 1.11. The predicted octanol–water partition coefficient (Wildman–Crippen LogP) is 14.0. The van der Waals surface area contributed by atoms with Crippen molar-refractivity contribution in [1.82, 2.24) is 4.57 Å². The van der Waals surface area contributed by atoms with E-state index in [1.165, 1.54) is 64.2 Å². The van der Waals surface area contributed by atoms with Crippen LogP contribution in [0.15, 0.2) is 194 Å². The van der Waals surface area contributed by atoms with Crippen molar-refractivity contribution < 1.29 is 0 Å². The molecule has 2 nitrogen and oxygen atoms in total. The highest BCUT2D eigenvalue weighted by Gasteiger charge is 2.20. The second-order valence-electron chi connectivity index (χ2n) is 13.0. The molecule has 0 aliphatic rings. The van der Waals surface area contributed by atoms with Gasteiger partial charge < -0.3 is 9.47 Å². The van der Waals surface area contributed by atoms with E-state index in [0.717, 1.165) is 22.7 Å². The molecule has 8 aromatic carbocycles. The number of nitrogens with zero attached hydrogens (tertiary/aromatic N) is 2. The van der Waals surface area contributed by atoms with E-state index >= 15 is 0 Å². The van der Waals surface area contributed by atoms with Crippen molar-refractivity contribution in [3.05, 3.63) is 194 Å². The van der Waals surface area contributed by atoms with Gasteiger partial charge in [0.2, 0.25) is 0 Å². The quantitative estimate of drug-likeness (QED) is 0.171. The summed E-state index contributed by atoms with van der Waals surface area (Å²) in [5.74, 6) is 0. The third kappa shape index (κ3) is 5.01. The largest absolute Gasteiger partial charge is 0.310 e. The van der Waals surface area contributed by atoms with Crippen LogP contribution in [0.4, 0.5) is 17.1 Å². The minimum Gasteiger partial charge on any atom is -0.310 e. The first-order chi connectivity index (χ1) is 25.3. The Hall–Kier alpha value is -6.42. The van der Waals surface area contributed by atoms with Crippen LogP contribution in [-0.4, -0.2) is 4.57 Å². The maximum absolute atomic E-state index is 2.43. The van der Waals surface area contributed by atoms with Gasteiger partial charge in [-0.05, 0) is 95.1 Å². The Bertz CT molecular complexity index is 2850. The van der Waals surface area contributed by atoms with Crippen LogP contribution in [-0.2, 0) is 0 Å². The van der Waals surface area contributed by atoms with Gasteiger partial charge in [0.25, 0.3) is 0 Å². The lowest BCUT2D eigenvalue weighted by molar-refractivity contribution is 1.18. The number of benzene rings is 8. The van der Waals surface area contributed by atoms with Crippen LogP contribution in [0.5, 0.6) is 0 Å². The zero-order valence-corrected chi connectivity index (χ0v) is 28.6. The first-order valence-electron chi connectivity index (χ1n) is 17.4. The van der Waals surface area contributed by atoms with Crippen LogP contribution < -0.4 is 4.90 Å². The topological polar surface area (TPSA) is 8.17 Å². The van der Waals surface area contributed by atoms with Crippen LogP contribution in [0.25, 0.3) is 69.9 Å². The smallest absolute Gasteiger partial charge is 0.0547 e. The molecule has 2 aromatic heterocycles. The van der Waals surface area contributed by atoms with E-state index in [1.807, 2.05) is 11.3 Å². The van der Waals surface area contributed by atoms with Gasteiger partial charge in [0, 0.05) is 53.7 Å². The molecule has 0 aliphatic carbocycles. The Morgan fingerprint density at radius 1 is 0.373 bits per heavy atom. The summed E-state index contributed by atoms with van der Waals surface area (Å²) in [7, 11) is 0. The Kier molecular flexibility index (Phi) is 7.04. The second kappa shape index (κ2) is 12.2. The third-order valence-corrected chi connectivity index (χ3v) is 11.1. The number of anilines is 3. The van der Waals surface area contributed by atoms with Gasteiger partial charge >= 0.3 is 0 Å². The molecule has 0 radical (unpaired) electrons. The summed E-state index contributed by atoms with van der Waals surface area (Å²) in [5, 5.41) is 5.05. The van der Waals surface area contributed by atoms with Crippen molar-refractivity contribution >= 4 is 70.4 Å². The van der Waals surface area contributed by atoms with E-state index in [2.05, 4.69) is 204 Å². The summed E-state index contributed by atoms with van der Waals surface area (Å²) in [6.45, 7) is 0. The lowest BCUT2D eigenvalue weighted by atomic mass is 9.99. The van der Waals surface area contributed by atoms with Gasteiger partial charge in [-0.15, -0.1) is 11.3 Å². The van der Waals surface area contributed by atoms with Crippen molar-refractivity contribution in [2.24, 2.45) is 0 Å². The molecule has 10 rings (SSSR count). The zero-order chi connectivity index (χ0) is 33.7. The lowest BCUT2D eigenvalue weighted by Gasteiger charge is -2.26. The van der Waals surface area contributed by atoms with Crippen LogP contribution in [0, 0.1) is 0 Å². The van der Waals surface area contributed by atoms with Crippen LogP contribution >= 0.6 is 11.3 Å². The third-order valence-electron chi connectivity index (χ3n) is 9.96. The van der Waals surface area contributed by atoms with Crippen molar-refractivity contribution in [2.75, 3.05) is 4.90 Å². The van der Waals surface area contributed by atoms with Crippen molar-refractivity contribution in [2.45, 2.75) is 0 Å². The van der Waals surface area contributed by atoms with Crippen molar-refractivity contribution in [3.63, 3.8) is 0 Å². The molecule has 10 aromatic rings. The standard InChI is InChI=1S/C48H32N2S/c1-4-14-33(15-5-1)35-18-12-21-37(30-35)49(39-27-29-47-42(31-39)41-22-10-11-25-46(41)51-47)38-26-28-44-43(32-38)48-40(34-16-6-2-7-17-34)23-13-24-45(48)50(44)36-19-8-3-9-20-36/h1-32H. The van der Waals surface area contributed by atoms with Gasteiger partial charge in [-0.25, -0.2) is 0 Å². The average molecular weight is 669 g/mol. The maximum atomic E-state index is 2.43. The normalized spacial score (nSPS) is 11.5. The van der Waals surface area contributed by atoms with Crippen molar-refractivity contribution in [3.8, 4) is 27.9 Å². The number of hydrogen-bond donors (Lipinski definition) is 0. The number of fused-ring (bicyclic) bond motifs is 6. The highest BCUT2D eigenvalue weighted by atomic mass is 32.1. The summed E-state index contributed by atoms with van der Waals surface area (Å²) >= 11 is 1.86. The number of hydrogen-bond acceptors (Lipinski definition) is 2. The highest BCUT2D eigenvalue weighted by Crippen LogP contribution is 2.45. The van der Waals surface area contributed by atoms with Gasteiger partial charge in [-0.2, -0.15) is 0 Å². The monoisotopic (exact) mass is 668 g/mol. The van der Waals surface area contributed by atoms with Gasteiger partial charge in [0.15, 0.2) is 0 Å². The summed E-state index contributed by atoms with van der Waals surface area (Å²) < 4.78 is 5.02. The highest BCUT2D eigenvalue weighted by molar-refractivity contribution is 7.25. The van der Waals surface area contributed by atoms with Gasteiger partial charge in [-0.1, -0.05) is 121 Å². The number of rotatable bonds is 6. The molecule has 0 N–H and O–H groups in total. The molecule has 0 bridgehead atoms. The SMILES string of the molecule is c1ccc(-c2cccc(N(c3ccc4sc5ccccc5c4c3)c3ccc4c(c3)c3c(-c5ccccc5)cccc3n4-c3ccccc3)c2)cc1. The fourth-order valence-corrected chi connectivity index (χ4v) is 8.75. The lowest BCUT2D eigenvalue weighted by Crippen LogP contribution is -2.10. The van der Waals surface area contributed by atoms with Crippen LogP contribution in [0.3, 0.4) is 0 Å². The molecule has 0 saturated heterocycles. The molecule has 0 amide bonds. The van der Waals surface area contributed by atoms with E-state index < -0.39 is 0 Å². The van der Waals surface area contributed by atoms with E-state index in [9.17, 15) is 0 Å². The molecule has 51 heavy (non-hydrogen) atoms. The molecule has 0 atom stereocenters. The predicted molar refractivity (Wildman–Crippen MR) is 219 cm³/mol. The Morgan fingerprint density at radius 2 is 0.980 bits per heavy atom. The zero-order valence-electron chi connectivity index (χ0n) is 27.8. The fraction of sp³-hybridized carbons (Fsp3) is 0. The van der Waals surface area contributed by atoms with E-state index in [0.29, 0.717) is 0 Å². The van der Waals surface area contributed by atoms with E-state index in [1.54, 1.807) is 0 Å². The minimum absolute atomic E-state index is 1.11. The molecule has 3 heteroatoms. The van der Waals surface area contributed by atoms with Gasteiger partial charge in [-0.3, -0.25) is 0 Å². The van der Waals surface area contributed by atoms with Gasteiger partial charge in [0.05, 0.1) is 11.0 Å². The first-order valence-corrected chi connectivity index (χ1v) is 18.2. The van der Waals surface area contributed by atoms with Gasteiger partial charge in [0.1, 0.15) is 0 Å². The summed E-state index contributed by atoms with van der Waals surface area (Å²) in [6.07, 6.45) is 0. The first kappa shape index (κ1) is 29.5. The Morgan fingerprint density at radius 3 is 1.78 bits per heavy atom. The van der Waals surface area contributed by atoms with Crippen LogP contribution in [0.1, 0.15) is 0 Å². The molecule has 0 saturated carbocycles. The number of para-hydroxylation sites is 1. The molecular formula is C48H32N2S. The fourth-order valence-electron chi connectivity index (χ4n) is 7.67. The Labute approximate surface area is 300 Å². The van der Waals surface area contributed by atoms with E-state index in [4.69, 9.17) is 0 Å². The number of thiophene rings is 1. The Balaban J connectivity index is 1.26. The number of aromatic nitrogens is 1. The molecule has 0 aliphatic heterocycles. The average Bonchev–Trinajstić information content (AvgIpc) is 3.74. The molecule has 0 spiro atoms. The van der Waals surface area contributed by atoms with Crippen molar-refractivity contribution in [1.29, 1.82) is 0 Å². The summed E-state index contributed by atoms with van der Waals surface area (Å²) in [5.41, 5.74) is 11.7. The summed E-state index contributed by atoms with van der Waals surface area (Å²) in [6, 6.07) is 70.4. The second-order valence-corrected chi connectivity index (χ2v) is 14.1. The summed E-state index contributed by atoms with van der Waals surface area (Å²) in [4.78, 5) is 2.43. The molecule has 240 valence electrons. The molecular weight excluding hydrogens is 637 g/mol. The molecule has 0 fully saturated rings. The van der Waals surface area contributed by atoms with Crippen LogP contribution in [0.2, 0.25) is 0 Å². The maximum Gasteiger partial charge on any atom is 0.0547 e. The van der Waals surface area contributed by atoms with E-state index in [-0.39, 0.29) is 0 Å². The molecule has 2 heterocycles.